The number of carbonyl (C=O) groups excluding carboxylic acids is 2. The van der Waals surface area contributed by atoms with E-state index in [-0.39, 0.29) is 17.6 Å². The first-order valence-electron chi connectivity index (χ1n) is 8.15. The summed E-state index contributed by atoms with van der Waals surface area (Å²) in [6.07, 6.45) is 1.45. The maximum atomic E-state index is 12.0. The van der Waals surface area contributed by atoms with Crippen molar-refractivity contribution in [1.82, 2.24) is 0 Å². The smallest absolute Gasteiger partial charge is 0.340 e. The van der Waals surface area contributed by atoms with Crippen molar-refractivity contribution in [3.8, 4) is 0 Å². The summed E-state index contributed by atoms with van der Waals surface area (Å²) < 4.78 is 10.1. The molecule has 1 aromatic heterocycles. The highest BCUT2D eigenvalue weighted by Gasteiger charge is 2.12. The molecule has 26 heavy (non-hydrogen) atoms. The second-order valence-electron chi connectivity index (χ2n) is 5.40. The predicted molar refractivity (Wildman–Crippen MR) is 98.8 cm³/mol. The Morgan fingerprint density at radius 3 is 2.38 bits per heavy atom. The van der Waals surface area contributed by atoms with Gasteiger partial charge in [0.25, 0.3) is 5.91 Å². The third-order valence-electron chi connectivity index (χ3n) is 3.59. The molecule has 0 bridgehead atoms. The summed E-state index contributed by atoms with van der Waals surface area (Å²) in [4.78, 5) is 24.0. The summed E-state index contributed by atoms with van der Waals surface area (Å²) in [5, 5.41) is 5.94. The van der Waals surface area contributed by atoms with E-state index in [2.05, 4.69) is 10.6 Å². The van der Waals surface area contributed by atoms with Crippen LogP contribution in [0.2, 0.25) is 0 Å². The van der Waals surface area contributed by atoms with Crippen LogP contribution in [0.4, 0.5) is 17.1 Å². The van der Waals surface area contributed by atoms with Crippen LogP contribution in [-0.4, -0.2) is 18.5 Å². The first-order chi connectivity index (χ1) is 12.7. The standard InChI is InChI=1S/C20H18N2O4/c1-2-25-20(24)16-6-3-4-7-17(16)21-14-9-11-15(12-10-14)22-19(23)18-8-5-13-26-18/h3-13,21H,2H2,1H3,(H,22,23). The van der Waals surface area contributed by atoms with Gasteiger partial charge in [0.15, 0.2) is 5.76 Å². The molecular formula is C20H18N2O4. The Morgan fingerprint density at radius 2 is 1.69 bits per heavy atom. The molecule has 0 atom stereocenters. The SMILES string of the molecule is CCOC(=O)c1ccccc1Nc1ccc(NC(=O)c2ccco2)cc1. The van der Waals surface area contributed by atoms with Gasteiger partial charge in [-0.3, -0.25) is 4.79 Å². The van der Waals surface area contributed by atoms with Gasteiger partial charge in [0.05, 0.1) is 24.1 Å². The molecule has 0 aliphatic carbocycles. The van der Waals surface area contributed by atoms with Crippen molar-refractivity contribution in [3.05, 3.63) is 78.3 Å². The number of carbonyl (C=O) groups is 2. The van der Waals surface area contributed by atoms with Gasteiger partial charge in [-0.25, -0.2) is 4.79 Å². The molecule has 6 heteroatoms. The number of ether oxygens (including phenoxy) is 1. The highest BCUT2D eigenvalue weighted by molar-refractivity contribution is 6.02. The van der Waals surface area contributed by atoms with Gasteiger partial charge < -0.3 is 19.8 Å². The van der Waals surface area contributed by atoms with E-state index in [0.29, 0.717) is 23.5 Å². The van der Waals surface area contributed by atoms with E-state index < -0.39 is 0 Å². The molecule has 3 aromatic rings. The van der Waals surface area contributed by atoms with Gasteiger partial charge in [-0.1, -0.05) is 12.1 Å². The predicted octanol–water partition coefficient (Wildman–Crippen LogP) is 4.45. The lowest BCUT2D eigenvalue weighted by molar-refractivity contribution is 0.0527. The molecule has 2 N–H and O–H groups in total. The van der Waals surface area contributed by atoms with Crippen LogP contribution in [0.1, 0.15) is 27.8 Å². The fourth-order valence-corrected chi connectivity index (χ4v) is 2.37. The summed E-state index contributed by atoms with van der Waals surface area (Å²) in [6.45, 7) is 2.08. The number of anilines is 3. The Bertz CT molecular complexity index is 886. The normalized spacial score (nSPS) is 10.2. The summed E-state index contributed by atoms with van der Waals surface area (Å²) in [6, 6.07) is 17.5. The van der Waals surface area contributed by atoms with E-state index in [1.165, 1.54) is 6.26 Å². The molecular weight excluding hydrogens is 332 g/mol. The lowest BCUT2D eigenvalue weighted by Crippen LogP contribution is -2.10. The van der Waals surface area contributed by atoms with Gasteiger partial charge >= 0.3 is 5.97 Å². The van der Waals surface area contributed by atoms with E-state index in [9.17, 15) is 9.59 Å². The first-order valence-corrected chi connectivity index (χ1v) is 8.15. The lowest BCUT2D eigenvalue weighted by Gasteiger charge is -2.12. The molecule has 1 heterocycles. The Hall–Kier alpha value is -3.54. The number of hydrogen-bond acceptors (Lipinski definition) is 5. The molecule has 0 radical (unpaired) electrons. The van der Waals surface area contributed by atoms with Crippen molar-refractivity contribution in [3.63, 3.8) is 0 Å². The molecule has 2 aromatic carbocycles. The fourth-order valence-electron chi connectivity index (χ4n) is 2.37. The molecule has 0 fully saturated rings. The van der Waals surface area contributed by atoms with E-state index in [4.69, 9.17) is 9.15 Å². The highest BCUT2D eigenvalue weighted by Crippen LogP contribution is 2.23. The molecule has 0 spiro atoms. The minimum Gasteiger partial charge on any atom is -0.462 e. The van der Waals surface area contributed by atoms with Crippen molar-refractivity contribution in [1.29, 1.82) is 0 Å². The number of para-hydroxylation sites is 1. The van der Waals surface area contributed by atoms with Gasteiger partial charge in [0, 0.05) is 11.4 Å². The summed E-state index contributed by atoms with van der Waals surface area (Å²) >= 11 is 0. The van der Waals surface area contributed by atoms with E-state index in [1.807, 2.05) is 6.07 Å². The highest BCUT2D eigenvalue weighted by atomic mass is 16.5. The molecule has 1 amide bonds. The zero-order valence-corrected chi connectivity index (χ0v) is 14.2. The average Bonchev–Trinajstić information content (AvgIpc) is 3.19. The Morgan fingerprint density at radius 1 is 0.962 bits per heavy atom. The van der Waals surface area contributed by atoms with Crippen LogP contribution in [-0.2, 0) is 4.74 Å². The van der Waals surface area contributed by atoms with Crippen molar-refractivity contribution >= 4 is 28.9 Å². The third kappa shape index (κ3) is 4.10. The largest absolute Gasteiger partial charge is 0.462 e. The molecule has 3 rings (SSSR count). The van der Waals surface area contributed by atoms with Crippen LogP contribution < -0.4 is 10.6 Å². The fraction of sp³-hybridized carbons (Fsp3) is 0.100. The van der Waals surface area contributed by atoms with Crippen LogP contribution in [0.25, 0.3) is 0 Å². The third-order valence-corrected chi connectivity index (χ3v) is 3.59. The number of furan rings is 1. The maximum Gasteiger partial charge on any atom is 0.340 e. The Kier molecular flexibility index (Phi) is 5.34. The summed E-state index contributed by atoms with van der Waals surface area (Å²) in [7, 11) is 0. The molecule has 132 valence electrons. The first kappa shape index (κ1) is 17.3. The van der Waals surface area contributed by atoms with Gasteiger partial charge in [-0.05, 0) is 55.5 Å². The zero-order chi connectivity index (χ0) is 18.4. The second-order valence-corrected chi connectivity index (χ2v) is 5.40. The second kappa shape index (κ2) is 8.02. The summed E-state index contributed by atoms with van der Waals surface area (Å²) in [5.41, 5.74) is 2.52. The molecule has 0 unspecified atom stereocenters. The molecule has 0 aliphatic rings. The monoisotopic (exact) mass is 350 g/mol. The number of amides is 1. The quantitative estimate of drug-likeness (QED) is 0.642. The van der Waals surface area contributed by atoms with Crippen molar-refractivity contribution in [2.45, 2.75) is 6.92 Å². The molecule has 0 saturated heterocycles. The minimum absolute atomic E-state index is 0.246. The van der Waals surface area contributed by atoms with E-state index in [1.54, 1.807) is 61.5 Å². The van der Waals surface area contributed by atoms with Gasteiger partial charge in [0.2, 0.25) is 0 Å². The van der Waals surface area contributed by atoms with Crippen LogP contribution in [0.15, 0.2) is 71.3 Å². The van der Waals surface area contributed by atoms with Crippen LogP contribution in [0.3, 0.4) is 0 Å². The van der Waals surface area contributed by atoms with Gasteiger partial charge in [-0.15, -0.1) is 0 Å². The van der Waals surface area contributed by atoms with Crippen LogP contribution in [0, 0.1) is 0 Å². The zero-order valence-electron chi connectivity index (χ0n) is 14.2. The summed E-state index contributed by atoms with van der Waals surface area (Å²) in [5.74, 6) is -0.447. The van der Waals surface area contributed by atoms with E-state index >= 15 is 0 Å². The number of benzene rings is 2. The van der Waals surface area contributed by atoms with Crippen molar-refractivity contribution in [2.24, 2.45) is 0 Å². The Labute approximate surface area is 150 Å². The van der Waals surface area contributed by atoms with Crippen LogP contribution in [0.5, 0.6) is 0 Å². The Balaban J connectivity index is 1.70. The van der Waals surface area contributed by atoms with Crippen LogP contribution >= 0.6 is 0 Å². The molecule has 0 aliphatic heterocycles. The number of rotatable bonds is 6. The number of hydrogen-bond donors (Lipinski definition) is 2. The lowest BCUT2D eigenvalue weighted by atomic mass is 10.1. The maximum absolute atomic E-state index is 12.0. The topological polar surface area (TPSA) is 80.6 Å². The number of esters is 1. The molecule has 6 nitrogen and oxygen atoms in total. The van der Waals surface area contributed by atoms with Crippen molar-refractivity contribution in [2.75, 3.05) is 17.2 Å². The van der Waals surface area contributed by atoms with Gasteiger partial charge in [-0.2, -0.15) is 0 Å². The van der Waals surface area contributed by atoms with E-state index in [0.717, 1.165) is 5.69 Å². The molecule has 0 saturated carbocycles. The number of nitrogens with one attached hydrogen (secondary N) is 2. The minimum atomic E-state index is -0.377. The van der Waals surface area contributed by atoms with Gasteiger partial charge in [0.1, 0.15) is 0 Å². The average molecular weight is 350 g/mol. The van der Waals surface area contributed by atoms with Crippen molar-refractivity contribution < 1.29 is 18.7 Å².